The maximum absolute atomic E-state index is 8.56. The summed E-state index contributed by atoms with van der Waals surface area (Å²) in [6, 6.07) is 9.07. The van der Waals surface area contributed by atoms with Gasteiger partial charge in [-0.3, -0.25) is 0 Å². The summed E-state index contributed by atoms with van der Waals surface area (Å²) in [5, 5.41) is 19.9. The van der Waals surface area contributed by atoms with Crippen molar-refractivity contribution in [2.45, 2.75) is 6.92 Å². The first kappa shape index (κ1) is 12.2. The standard InChI is InChI=1S/C9H8N2O.Na.H/c1-7-4-2-3-5-8(7)9(6-10)11-12;;/h2-5,12H,1H3;;. The molecule has 0 spiro atoms. The van der Waals surface area contributed by atoms with E-state index in [1.165, 1.54) is 0 Å². The molecule has 1 aromatic rings. The maximum atomic E-state index is 8.56. The number of aryl methyl sites for hydroxylation is 1. The molecule has 0 saturated heterocycles. The van der Waals surface area contributed by atoms with E-state index < -0.39 is 0 Å². The van der Waals surface area contributed by atoms with Crippen molar-refractivity contribution in [2.24, 2.45) is 5.16 Å². The van der Waals surface area contributed by atoms with Crippen LogP contribution in [0.15, 0.2) is 29.4 Å². The van der Waals surface area contributed by atoms with Gasteiger partial charge >= 0.3 is 29.6 Å². The minimum atomic E-state index is 0. The predicted molar refractivity (Wildman–Crippen MR) is 52.3 cm³/mol. The van der Waals surface area contributed by atoms with Gasteiger partial charge in [-0.2, -0.15) is 5.26 Å². The third kappa shape index (κ3) is 2.85. The molecule has 0 fully saturated rings. The SMILES string of the molecule is Cc1ccccc1C(C#N)=NO.[NaH]. The first-order valence-electron chi connectivity index (χ1n) is 3.47. The molecule has 0 amide bonds. The van der Waals surface area contributed by atoms with Crippen LogP contribution in [0.1, 0.15) is 11.1 Å². The van der Waals surface area contributed by atoms with Crippen LogP contribution in [0.3, 0.4) is 0 Å². The molecule has 0 aliphatic heterocycles. The van der Waals surface area contributed by atoms with Gasteiger partial charge in [-0.05, 0) is 12.5 Å². The molecule has 1 aromatic carbocycles. The molecule has 4 heteroatoms. The fourth-order valence-electron chi connectivity index (χ4n) is 0.975. The van der Waals surface area contributed by atoms with Gasteiger partial charge in [0, 0.05) is 5.56 Å². The monoisotopic (exact) mass is 184 g/mol. The topological polar surface area (TPSA) is 56.4 Å². The molecule has 0 heterocycles. The van der Waals surface area contributed by atoms with Gasteiger partial charge in [0.25, 0.3) is 0 Å². The molecule has 0 aliphatic carbocycles. The van der Waals surface area contributed by atoms with Gasteiger partial charge in [-0.15, -0.1) is 0 Å². The Morgan fingerprint density at radius 1 is 1.46 bits per heavy atom. The van der Waals surface area contributed by atoms with E-state index in [1.54, 1.807) is 12.1 Å². The molecule has 62 valence electrons. The van der Waals surface area contributed by atoms with E-state index in [2.05, 4.69) is 5.16 Å². The van der Waals surface area contributed by atoms with Crippen LogP contribution in [0.2, 0.25) is 0 Å². The number of hydrogen-bond acceptors (Lipinski definition) is 3. The summed E-state index contributed by atoms with van der Waals surface area (Å²) in [4.78, 5) is 0. The van der Waals surface area contributed by atoms with Crippen LogP contribution in [-0.4, -0.2) is 40.5 Å². The van der Waals surface area contributed by atoms with Crippen LogP contribution in [0.25, 0.3) is 0 Å². The number of rotatable bonds is 1. The normalized spacial score (nSPS) is 10.0. The number of nitriles is 1. The van der Waals surface area contributed by atoms with Gasteiger partial charge in [-0.1, -0.05) is 29.4 Å². The summed E-state index contributed by atoms with van der Waals surface area (Å²) in [5.41, 5.74) is 1.64. The van der Waals surface area contributed by atoms with Crippen molar-refractivity contribution >= 4 is 35.3 Å². The third-order valence-corrected chi connectivity index (χ3v) is 1.61. The Bertz CT molecular complexity index is 355. The van der Waals surface area contributed by atoms with Crippen LogP contribution >= 0.6 is 0 Å². The van der Waals surface area contributed by atoms with Crippen molar-refractivity contribution in [1.82, 2.24) is 0 Å². The molecule has 13 heavy (non-hydrogen) atoms. The van der Waals surface area contributed by atoms with Crippen LogP contribution in [-0.2, 0) is 0 Å². The quantitative estimate of drug-likeness (QED) is 0.307. The summed E-state index contributed by atoms with van der Waals surface area (Å²) in [7, 11) is 0. The number of hydrogen-bond donors (Lipinski definition) is 1. The van der Waals surface area contributed by atoms with E-state index in [9.17, 15) is 0 Å². The van der Waals surface area contributed by atoms with Crippen molar-refractivity contribution < 1.29 is 5.21 Å². The van der Waals surface area contributed by atoms with E-state index in [0.717, 1.165) is 5.56 Å². The molecule has 0 bridgehead atoms. The van der Waals surface area contributed by atoms with Crippen molar-refractivity contribution in [3.05, 3.63) is 35.4 Å². The number of benzene rings is 1. The fraction of sp³-hybridized carbons (Fsp3) is 0.111. The Labute approximate surface area is 99.0 Å². The van der Waals surface area contributed by atoms with Crippen LogP contribution in [0.4, 0.5) is 0 Å². The summed E-state index contributed by atoms with van der Waals surface area (Å²) in [6.45, 7) is 1.86. The van der Waals surface area contributed by atoms with E-state index in [1.807, 2.05) is 25.1 Å². The minimum absolute atomic E-state index is 0. The number of nitrogens with zero attached hydrogens (tertiary/aromatic N) is 2. The molecular weight excluding hydrogens is 175 g/mol. The van der Waals surface area contributed by atoms with E-state index in [-0.39, 0.29) is 35.3 Å². The van der Waals surface area contributed by atoms with Crippen LogP contribution < -0.4 is 0 Å². The molecule has 0 aliphatic rings. The zero-order chi connectivity index (χ0) is 8.97. The van der Waals surface area contributed by atoms with Crippen molar-refractivity contribution in [3.63, 3.8) is 0 Å². The van der Waals surface area contributed by atoms with Gasteiger partial charge in [0.1, 0.15) is 6.07 Å². The zero-order valence-corrected chi connectivity index (χ0v) is 6.65. The Morgan fingerprint density at radius 3 is 2.54 bits per heavy atom. The molecular formula is C9H9N2NaO. The Hall–Kier alpha value is -0.820. The summed E-state index contributed by atoms with van der Waals surface area (Å²) < 4.78 is 0. The van der Waals surface area contributed by atoms with E-state index in [0.29, 0.717) is 5.56 Å². The molecule has 0 unspecified atom stereocenters. The van der Waals surface area contributed by atoms with Gasteiger partial charge < -0.3 is 5.21 Å². The van der Waals surface area contributed by atoms with Crippen LogP contribution in [0, 0.1) is 18.3 Å². The van der Waals surface area contributed by atoms with E-state index >= 15 is 0 Å². The number of oxime groups is 1. The third-order valence-electron chi connectivity index (χ3n) is 1.61. The molecule has 0 radical (unpaired) electrons. The summed E-state index contributed by atoms with van der Waals surface area (Å²) >= 11 is 0. The molecule has 0 aromatic heterocycles. The van der Waals surface area contributed by atoms with E-state index in [4.69, 9.17) is 10.5 Å². The summed E-state index contributed by atoms with van der Waals surface area (Å²) in [6.07, 6.45) is 0. The van der Waals surface area contributed by atoms with Crippen molar-refractivity contribution in [2.75, 3.05) is 0 Å². The molecule has 0 saturated carbocycles. The average Bonchev–Trinajstić information content (AvgIpc) is 2.10. The van der Waals surface area contributed by atoms with Crippen molar-refractivity contribution in [1.29, 1.82) is 5.26 Å². The second-order valence-electron chi connectivity index (χ2n) is 2.38. The second-order valence-corrected chi connectivity index (χ2v) is 2.38. The Kier molecular flexibility index (Phi) is 5.40. The van der Waals surface area contributed by atoms with Gasteiger partial charge in [-0.25, -0.2) is 0 Å². The molecule has 1 N–H and O–H groups in total. The van der Waals surface area contributed by atoms with Gasteiger partial charge in [0.15, 0.2) is 5.71 Å². The first-order valence-corrected chi connectivity index (χ1v) is 3.47. The molecule has 0 atom stereocenters. The fourth-order valence-corrected chi connectivity index (χ4v) is 0.975. The van der Waals surface area contributed by atoms with Crippen LogP contribution in [0.5, 0.6) is 0 Å². The molecule has 3 nitrogen and oxygen atoms in total. The second kappa shape index (κ2) is 5.76. The Balaban J connectivity index is 0.00000144. The average molecular weight is 184 g/mol. The van der Waals surface area contributed by atoms with Gasteiger partial charge in [0.2, 0.25) is 0 Å². The first-order chi connectivity index (χ1) is 5.79. The van der Waals surface area contributed by atoms with Gasteiger partial charge in [0.05, 0.1) is 0 Å². The Morgan fingerprint density at radius 2 is 2.08 bits per heavy atom. The molecule has 1 rings (SSSR count). The predicted octanol–water partition coefficient (Wildman–Crippen LogP) is 1.05. The van der Waals surface area contributed by atoms with Crippen molar-refractivity contribution in [3.8, 4) is 6.07 Å². The summed E-state index contributed by atoms with van der Waals surface area (Å²) in [5.74, 6) is 0. The zero-order valence-electron chi connectivity index (χ0n) is 6.65.